The number of hydrogen-bond acceptors (Lipinski definition) is 2. The van der Waals surface area contributed by atoms with Gasteiger partial charge in [-0.05, 0) is 47.5 Å². The SMILES string of the molecule is CC(Oc1ccc2ccccc2c1)C(=O)N(C)Cc1ccc(Cl)cc1. The number of amides is 1. The third-order valence-electron chi connectivity index (χ3n) is 4.09. The predicted molar refractivity (Wildman–Crippen MR) is 102 cm³/mol. The number of carbonyl (C=O) groups is 1. The van der Waals surface area contributed by atoms with Crippen LogP contribution in [0.4, 0.5) is 0 Å². The molecule has 0 radical (unpaired) electrons. The van der Waals surface area contributed by atoms with Crippen LogP contribution in [0.3, 0.4) is 0 Å². The van der Waals surface area contributed by atoms with Gasteiger partial charge >= 0.3 is 0 Å². The zero-order valence-electron chi connectivity index (χ0n) is 14.3. The number of halogens is 1. The fourth-order valence-corrected chi connectivity index (χ4v) is 2.87. The van der Waals surface area contributed by atoms with E-state index in [-0.39, 0.29) is 5.91 Å². The molecule has 0 fully saturated rings. The minimum Gasteiger partial charge on any atom is -0.481 e. The lowest BCUT2D eigenvalue weighted by Gasteiger charge is -2.22. The van der Waals surface area contributed by atoms with Crippen molar-refractivity contribution in [3.63, 3.8) is 0 Å². The van der Waals surface area contributed by atoms with E-state index >= 15 is 0 Å². The molecule has 3 aromatic carbocycles. The van der Waals surface area contributed by atoms with Crippen LogP contribution in [0.15, 0.2) is 66.7 Å². The van der Waals surface area contributed by atoms with Crippen LogP contribution >= 0.6 is 11.6 Å². The first-order valence-corrected chi connectivity index (χ1v) is 8.55. The van der Waals surface area contributed by atoms with E-state index in [1.165, 1.54) is 0 Å². The monoisotopic (exact) mass is 353 g/mol. The van der Waals surface area contributed by atoms with Crippen LogP contribution in [0.5, 0.6) is 5.75 Å². The molecule has 0 saturated carbocycles. The third kappa shape index (κ3) is 4.31. The minimum atomic E-state index is -0.557. The summed E-state index contributed by atoms with van der Waals surface area (Å²) in [6, 6.07) is 21.4. The average Bonchev–Trinajstić information content (AvgIpc) is 2.62. The Balaban J connectivity index is 1.65. The fourth-order valence-electron chi connectivity index (χ4n) is 2.75. The Kier molecular flexibility index (Phi) is 5.25. The lowest BCUT2D eigenvalue weighted by molar-refractivity contribution is -0.137. The molecule has 0 N–H and O–H groups in total. The van der Waals surface area contributed by atoms with Gasteiger partial charge in [0.25, 0.3) is 5.91 Å². The van der Waals surface area contributed by atoms with E-state index in [1.54, 1.807) is 18.9 Å². The van der Waals surface area contributed by atoms with Crippen molar-refractivity contribution in [1.82, 2.24) is 4.90 Å². The molecule has 128 valence electrons. The second kappa shape index (κ2) is 7.58. The van der Waals surface area contributed by atoms with Crippen molar-refractivity contribution in [2.24, 2.45) is 0 Å². The molecule has 0 spiro atoms. The molecule has 3 aromatic rings. The number of benzene rings is 3. The van der Waals surface area contributed by atoms with Gasteiger partial charge in [0.2, 0.25) is 0 Å². The highest BCUT2D eigenvalue weighted by atomic mass is 35.5. The van der Waals surface area contributed by atoms with Crippen molar-refractivity contribution >= 4 is 28.3 Å². The van der Waals surface area contributed by atoms with Gasteiger partial charge in [-0.2, -0.15) is 0 Å². The highest BCUT2D eigenvalue weighted by molar-refractivity contribution is 6.30. The molecule has 0 aliphatic carbocycles. The summed E-state index contributed by atoms with van der Waals surface area (Å²) in [5, 5.41) is 2.92. The van der Waals surface area contributed by atoms with Crippen LogP contribution in [0.25, 0.3) is 10.8 Å². The topological polar surface area (TPSA) is 29.5 Å². The van der Waals surface area contributed by atoms with Gasteiger partial charge in [-0.3, -0.25) is 4.79 Å². The van der Waals surface area contributed by atoms with Gasteiger partial charge in [0.1, 0.15) is 5.75 Å². The Bertz CT molecular complexity index is 876. The summed E-state index contributed by atoms with van der Waals surface area (Å²) in [5.74, 6) is 0.627. The minimum absolute atomic E-state index is 0.0666. The molecule has 1 unspecified atom stereocenters. The Labute approximate surface area is 152 Å². The smallest absolute Gasteiger partial charge is 0.263 e. The zero-order chi connectivity index (χ0) is 17.8. The van der Waals surface area contributed by atoms with Crippen LogP contribution in [-0.4, -0.2) is 24.0 Å². The molecule has 0 bridgehead atoms. The van der Waals surface area contributed by atoms with E-state index in [9.17, 15) is 4.79 Å². The van der Waals surface area contributed by atoms with Crippen LogP contribution < -0.4 is 4.74 Å². The average molecular weight is 354 g/mol. The summed E-state index contributed by atoms with van der Waals surface area (Å²) >= 11 is 5.89. The van der Waals surface area contributed by atoms with Crippen molar-refractivity contribution in [2.45, 2.75) is 19.6 Å². The standard InChI is InChI=1S/C21H20ClNO2/c1-15(21(24)23(2)14-16-7-10-19(22)11-8-16)25-20-12-9-17-5-3-4-6-18(17)13-20/h3-13,15H,14H2,1-2H3. The molecule has 0 saturated heterocycles. The Morgan fingerprint density at radius 2 is 1.72 bits per heavy atom. The summed E-state index contributed by atoms with van der Waals surface area (Å²) in [5.41, 5.74) is 1.03. The van der Waals surface area contributed by atoms with Crippen molar-refractivity contribution in [3.05, 3.63) is 77.3 Å². The van der Waals surface area contributed by atoms with Crippen molar-refractivity contribution in [3.8, 4) is 5.75 Å². The number of carbonyl (C=O) groups excluding carboxylic acids is 1. The summed E-state index contributed by atoms with van der Waals surface area (Å²) in [7, 11) is 1.77. The molecule has 0 aliphatic rings. The van der Waals surface area contributed by atoms with Gasteiger partial charge in [0, 0.05) is 18.6 Å². The maximum atomic E-state index is 12.6. The number of nitrogens with zero attached hydrogens (tertiary/aromatic N) is 1. The van der Waals surface area contributed by atoms with E-state index < -0.39 is 6.10 Å². The molecule has 3 nitrogen and oxygen atoms in total. The van der Waals surface area contributed by atoms with E-state index in [1.807, 2.05) is 66.7 Å². The summed E-state index contributed by atoms with van der Waals surface area (Å²) < 4.78 is 5.85. The number of hydrogen-bond donors (Lipinski definition) is 0. The van der Waals surface area contributed by atoms with Crippen molar-refractivity contribution in [1.29, 1.82) is 0 Å². The van der Waals surface area contributed by atoms with E-state index in [4.69, 9.17) is 16.3 Å². The second-order valence-electron chi connectivity index (χ2n) is 6.09. The predicted octanol–water partition coefficient (Wildman–Crippen LogP) is 4.92. The maximum absolute atomic E-state index is 12.6. The molecule has 0 aromatic heterocycles. The van der Waals surface area contributed by atoms with Crippen LogP contribution in [0.1, 0.15) is 12.5 Å². The normalized spacial score (nSPS) is 12.0. The van der Waals surface area contributed by atoms with Gasteiger partial charge in [-0.1, -0.05) is 54.1 Å². The van der Waals surface area contributed by atoms with Gasteiger partial charge in [-0.25, -0.2) is 0 Å². The first-order chi connectivity index (χ1) is 12.0. The van der Waals surface area contributed by atoms with E-state index in [0.717, 1.165) is 16.3 Å². The first kappa shape index (κ1) is 17.3. The van der Waals surface area contributed by atoms with Crippen LogP contribution in [0.2, 0.25) is 5.02 Å². The van der Waals surface area contributed by atoms with Crippen molar-refractivity contribution < 1.29 is 9.53 Å². The van der Waals surface area contributed by atoms with Gasteiger partial charge in [0.05, 0.1) is 0 Å². The maximum Gasteiger partial charge on any atom is 0.263 e. The molecule has 3 rings (SSSR count). The quantitative estimate of drug-likeness (QED) is 0.651. The molecular weight excluding hydrogens is 334 g/mol. The van der Waals surface area contributed by atoms with Gasteiger partial charge in [-0.15, -0.1) is 0 Å². The van der Waals surface area contributed by atoms with Crippen LogP contribution in [-0.2, 0) is 11.3 Å². The van der Waals surface area contributed by atoms with E-state index in [2.05, 4.69) is 0 Å². The molecule has 0 aliphatic heterocycles. The molecule has 1 atom stereocenters. The van der Waals surface area contributed by atoms with E-state index in [0.29, 0.717) is 17.3 Å². The Hall–Kier alpha value is -2.52. The number of ether oxygens (including phenoxy) is 1. The number of fused-ring (bicyclic) bond motifs is 1. The fraction of sp³-hybridized carbons (Fsp3) is 0.190. The molecule has 25 heavy (non-hydrogen) atoms. The first-order valence-electron chi connectivity index (χ1n) is 8.18. The highest BCUT2D eigenvalue weighted by Gasteiger charge is 2.19. The Morgan fingerprint density at radius 1 is 1.04 bits per heavy atom. The number of likely N-dealkylation sites (N-methyl/N-ethyl adjacent to an activating group) is 1. The lowest BCUT2D eigenvalue weighted by Crippen LogP contribution is -2.37. The highest BCUT2D eigenvalue weighted by Crippen LogP contribution is 2.22. The third-order valence-corrected chi connectivity index (χ3v) is 4.34. The summed E-state index contributed by atoms with van der Waals surface area (Å²) in [6.07, 6.45) is -0.557. The largest absolute Gasteiger partial charge is 0.481 e. The second-order valence-corrected chi connectivity index (χ2v) is 6.53. The molecule has 4 heteroatoms. The van der Waals surface area contributed by atoms with Crippen molar-refractivity contribution in [2.75, 3.05) is 7.05 Å². The number of rotatable bonds is 5. The van der Waals surface area contributed by atoms with Gasteiger partial charge < -0.3 is 9.64 Å². The molecule has 1 amide bonds. The van der Waals surface area contributed by atoms with Gasteiger partial charge in [0.15, 0.2) is 6.10 Å². The summed E-state index contributed by atoms with van der Waals surface area (Å²) in [6.45, 7) is 2.29. The molecular formula is C21H20ClNO2. The molecule has 0 heterocycles. The van der Waals surface area contributed by atoms with Crippen LogP contribution in [0, 0.1) is 0 Å². The zero-order valence-corrected chi connectivity index (χ0v) is 15.0. The lowest BCUT2D eigenvalue weighted by atomic mass is 10.1. The summed E-state index contributed by atoms with van der Waals surface area (Å²) in [4.78, 5) is 14.2. The Morgan fingerprint density at radius 3 is 2.44 bits per heavy atom.